The minimum Gasteiger partial charge on any atom is -0.324 e. The molecule has 0 aliphatic carbocycles. The molecule has 72 valence electrons. The van der Waals surface area contributed by atoms with E-state index in [1.54, 1.807) is 0 Å². The monoisotopic (exact) mass is 209 g/mol. The van der Waals surface area contributed by atoms with Crippen molar-refractivity contribution in [3.8, 4) is 0 Å². The molecule has 0 aromatic heterocycles. The van der Waals surface area contributed by atoms with Crippen molar-refractivity contribution in [2.45, 2.75) is 13.0 Å². The maximum Gasteiger partial charge on any atom is 0.177 e. The first-order chi connectivity index (χ1) is 5.95. The van der Waals surface area contributed by atoms with Gasteiger partial charge in [-0.25, -0.2) is 13.2 Å². The lowest BCUT2D eigenvalue weighted by atomic mass is 10.1. The lowest BCUT2D eigenvalue weighted by molar-refractivity contribution is 0.470. The van der Waals surface area contributed by atoms with Crippen LogP contribution in [0.4, 0.5) is 13.2 Å². The third-order valence-electron chi connectivity index (χ3n) is 1.60. The highest BCUT2D eigenvalue weighted by atomic mass is 35.5. The molecule has 0 fully saturated rings. The normalized spacial score (nSPS) is 13.1. The van der Waals surface area contributed by atoms with Crippen LogP contribution in [0.3, 0.4) is 0 Å². The zero-order valence-electron chi connectivity index (χ0n) is 6.74. The summed E-state index contributed by atoms with van der Waals surface area (Å²) in [6.07, 6.45) is 0. The Morgan fingerprint density at radius 3 is 2.31 bits per heavy atom. The highest BCUT2D eigenvalue weighted by Crippen LogP contribution is 2.26. The summed E-state index contributed by atoms with van der Waals surface area (Å²) >= 11 is 5.20. The molecule has 0 saturated carbocycles. The van der Waals surface area contributed by atoms with Crippen LogP contribution in [0.15, 0.2) is 6.07 Å². The maximum absolute atomic E-state index is 13.0. The second-order valence-corrected chi connectivity index (χ2v) is 3.08. The molecule has 13 heavy (non-hydrogen) atoms. The topological polar surface area (TPSA) is 26.0 Å². The molecule has 1 atom stereocenters. The first-order valence-electron chi connectivity index (χ1n) is 3.53. The van der Waals surface area contributed by atoms with Gasteiger partial charge in [0.2, 0.25) is 0 Å². The van der Waals surface area contributed by atoms with Crippen molar-refractivity contribution in [3.63, 3.8) is 0 Å². The molecule has 1 aromatic carbocycles. The Balaban J connectivity index is 3.44. The third-order valence-corrected chi connectivity index (χ3v) is 1.88. The van der Waals surface area contributed by atoms with Gasteiger partial charge in [0.25, 0.3) is 0 Å². The molecular formula is C8H7ClF3N. The summed E-state index contributed by atoms with van der Waals surface area (Å²) in [7, 11) is 0. The minimum atomic E-state index is -1.32. The van der Waals surface area contributed by atoms with Crippen LogP contribution in [0, 0.1) is 17.5 Å². The van der Waals surface area contributed by atoms with Crippen LogP contribution < -0.4 is 5.73 Å². The first kappa shape index (κ1) is 10.3. The first-order valence-corrected chi connectivity index (χ1v) is 3.91. The van der Waals surface area contributed by atoms with Gasteiger partial charge in [-0.05, 0) is 13.0 Å². The SMILES string of the molecule is C[C@H](N)c1c(F)cc(Cl)c(F)c1F. The predicted molar refractivity (Wildman–Crippen MR) is 43.9 cm³/mol. The molecule has 0 radical (unpaired) electrons. The second-order valence-electron chi connectivity index (χ2n) is 2.67. The quantitative estimate of drug-likeness (QED) is 0.559. The fraction of sp³-hybridized carbons (Fsp3) is 0.250. The molecule has 0 amide bonds. The van der Waals surface area contributed by atoms with E-state index in [0.29, 0.717) is 6.07 Å². The van der Waals surface area contributed by atoms with Gasteiger partial charge in [0.1, 0.15) is 5.82 Å². The van der Waals surface area contributed by atoms with Crippen molar-refractivity contribution in [3.05, 3.63) is 34.1 Å². The van der Waals surface area contributed by atoms with E-state index in [-0.39, 0.29) is 0 Å². The number of hydrogen-bond donors (Lipinski definition) is 1. The smallest absolute Gasteiger partial charge is 0.177 e. The summed E-state index contributed by atoms with van der Waals surface area (Å²) in [6, 6.07) is -0.203. The Labute approximate surface area is 78.3 Å². The number of nitrogens with two attached hydrogens (primary N) is 1. The van der Waals surface area contributed by atoms with Crippen LogP contribution in [0.25, 0.3) is 0 Å². The van der Waals surface area contributed by atoms with Gasteiger partial charge in [-0.3, -0.25) is 0 Å². The highest BCUT2D eigenvalue weighted by molar-refractivity contribution is 6.30. The standard InChI is InChI=1S/C8H7ClF3N/c1-3(13)6-5(10)2-4(9)7(11)8(6)12/h2-3H,13H2,1H3/t3-/m0/s1. The molecule has 0 heterocycles. The Morgan fingerprint density at radius 1 is 1.31 bits per heavy atom. The van der Waals surface area contributed by atoms with E-state index in [1.165, 1.54) is 6.92 Å². The van der Waals surface area contributed by atoms with E-state index in [2.05, 4.69) is 0 Å². The van der Waals surface area contributed by atoms with E-state index in [4.69, 9.17) is 17.3 Å². The Bertz CT molecular complexity index is 339. The van der Waals surface area contributed by atoms with Gasteiger partial charge in [-0.2, -0.15) is 0 Å². The van der Waals surface area contributed by atoms with Crippen molar-refractivity contribution >= 4 is 11.6 Å². The molecule has 0 bridgehead atoms. The molecule has 0 aliphatic rings. The summed E-state index contributed by atoms with van der Waals surface area (Å²) in [5.41, 5.74) is 4.76. The van der Waals surface area contributed by atoms with Gasteiger partial charge in [-0.1, -0.05) is 11.6 Å². The Hall–Kier alpha value is -0.740. The maximum atomic E-state index is 13.0. The van der Waals surface area contributed by atoms with Gasteiger partial charge in [-0.15, -0.1) is 0 Å². The van der Waals surface area contributed by atoms with Crippen molar-refractivity contribution in [1.82, 2.24) is 0 Å². The molecular weight excluding hydrogens is 203 g/mol. The van der Waals surface area contributed by atoms with Crippen LogP contribution in [-0.4, -0.2) is 0 Å². The molecule has 0 spiro atoms. The molecule has 0 aliphatic heterocycles. The van der Waals surface area contributed by atoms with Crippen molar-refractivity contribution in [2.75, 3.05) is 0 Å². The number of halogens is 4. The number of rotatable bonds is 1. The average Bonchev–Trinajstić information content (AvgIpc) is 1.99. The molecule has 5 heteroatoms. The summed E-state index contributed by atoms with van der Waals surface area (Å²) in [5, 5.41) is -0.584. The summed E-state index contributed by atoms with van der Waals surface area (Å²) in [4.78, 5) is 0. The van der Waals surface area contributed by atoms with E-state index >= 15 is 0 Å². The molecule has 2 N–H and O–H groups in total. The number of hydrogen-bond acceptors (Lipinski definition) is 1. The zero-order chi connectivity index (χ0) is 10.2. The van der Waals surface area contributed by atoms with Crippen LogP contribution in [-0.2, 0) is 0 Å². The zero-order valence-corrected chi connectivity index (χ0v) is 7.50. The largest absolute Gasteiger partial charge is 0.324 e. The van der Waals surface area contributed by atoms with Crippen molar-refractivity contribution < 1.29 is 13.2 Å². The van der Waals surface area contributed by atoms with Crippen LogP contribution in [0.1, 0.15) is 18.5 Å². The van der Waals surface area contributed by atoms with Gasteiger partial charge < -0.3 is 5.73 Å². The fourth-order valence-electron chi connectivity index (χ4n) is 0.998. The van der Waals surface area contributed by atoms with E-state index < -0.39 is 34.1 Å². The van der Waals surface area contributed by atoms with Gasteiger partial charge in [0, 0.05) is 11.6 Å². The minimum absolute atomic E-state index is 0.484. The van der Waals surface area contributed by atoms with Crippen molar-refractivity contribution in [2.24, 2.45) is 5.73 Å². The molecule has 1 rings (SSSR count). The van der Waals surface area contributed by atoms with Crippen molar-refractivity contribution in [1.29, 1.82) is 0 Å². The summed E-state index contributed by atoms with van der Waals surface area (Å²) in [5.74, 6) is -3.52. The second kappa shape index (κ2) is 3.55. The third kappa shape index (κ3) is 1.78. The van der Waals surface area contributed by atoms with Crippen LogP contribution in [0.5, 0.6) is 0 Å². The lowest BCUT2D eigenvalue weighted by Gasteiger charge is -2.09. The lowest BCUT2D eigenvalue weighted by Crippen LogP contribution is -2.11. The Kier molecular flexibility index (Phi) is 2.83. The Morgan fingerprint density at radius 2 is 1.85 bits per heavy atom. The van der Waals surface area contributed by atoms with Gasteiger partial charge in [0.15, 0.2) is 11.6 Å². The molecule has 0 unspecified atom stereocenters. The van der Waals surface area contributed by atoms with E-state index in [9.17, 15) is 13.2 Å². The van der Waals surface area contributed by atoms with Gasteiger partial charge in [0.05, 0.1) is 5.02 Å². The van der Waals surface area contributed by atoms with E-state index in [0.717, 1.165) is 0 Å². The fourth-order valence-corrected chi connectivity index (χ4v) is 1.18. The van der Waals surface area contributed by atoms with E-state index in [1.807, 2.05) is 0 Å². The average molecular weight is 210 g/mol. The number of benzene rings is 1. The molecule has 1 nitrogen and oxygen atoms in total. The highest BCUT2D eigenvalue weighted by Gasteiger charge is 2.19. The summed E-state index contributed by atoms with van der Waals surface area (Å²) in [6.45, 7) is 1.36. The van der Waals surface area contributed by atoms with Gasteiger partial charge >= 0.3 is 0 Å². The predicted octanol–water partition coefficient (Wildman–Crippen LogP) is 2.78. The van der Waals surface area contributed by atoms with Crippen LogP contribution in [0.2, 0.25) is 5.02 Å². The summed E-state index contributed by atoms with van der Waals surface area (Å²) < 4.78 is 38.8. The molecule has 0 saturated heterocycles. The molecule has 1 aromatic rings. The van der Waals surface area contributed by atoms with Crippen LogP contribution >= 0.6 is 11.6 Å².